The fourth-order valence-electron chi connectivity index (χ4n) is 1.87. The number of nitrogens with two attached hydrogens (primary N) is 1. The zero-order chi connectivity index (χ0) is 13.5. The van der Waals surface area contributed by atoms with Crippen molar-refractivity contribution in [3.8, 4) is 11.5 Å². The molecule has 0 radical (unpaired) electrons. The fraction of sp³-hybridized carbons (Fsp3) is 0.286. The number of benzene rings is 1. The maximum absolute atomic E-state index is 6.13. The lowest BCUT2D eigenvalue weighted by molar-refractivity contribution is 0.379. The van der Waals surface area contributed by atoms with Gasteiger partial charge in [0.05, 0.1) is 11.1 Å². The van der Waals surface area contributed by atoms with E-state index >= 15 is 0 Å². The van der Waals surface area contributed by atoms with Gasteiger partial charge in [0, 0.05) is 15.5 Å². The van der Waals surface area contributed by atoms with Crippen LogP contribution in [0.1, 0.15) is 26.1 Å². The predicted octanol–water partition coefficient (Wildman–Crippen LogP) is 3.54. The summed E-state index contributed by atoms with van der Waals surface area (Å²) in [5.41, 5.74) is 6.56. The molecule has 2 aromatic heterocycles. The number of fused-ring (bicyclic) bond motifs is 1. The minimum atomic E-state index is -0.548. The third-order valence-electron chi connectivity index (χ3n) is 3.38. The van der Waals surface area contributed by atoms with Crippen molar-refractivity contribution in [2.45, 2.75) is 25.8 Å². The lowest BCUT2D eigenvalue weighted by Crippen LogP contribution is -2.33. The molecule has 3 rings (SSSR count). The molecule has 1 unspecified atom stereocenters. The number of thiophene rings is 1. The van der Waals surface area contributed by atoms with Crippen LogP contribution in [0.25, 0.3) is 21.5 Å². The van der Waals surface area contributed by atoms with Gasteiger partial charge in [0.1, 0.15) is 0 Å². The largest absolute Gasteiger partial charge is 0.334 e. The van der Waals surface area contributed by atoms with Gasteiger partial charge < -0.3 is 10.3 Å². The molecule has 0 aliphatic rings. The van der Waals surface area contributed by atoms with Gasteiger partial charge in [0.25, 0.3) is 5.89 Å². The van der Waals surface area contributed by atoms with E-state index in [1.165, 1.54) is 4.70 Å². The Bertz CT molecular complexity index is 714. The second kappa shape index (κ2) is 4.43. The lowest BCUT2D eigenvalue weighted by atomic mass is 10.00. The monoisotopic (exact) mass is 273 g/mol. The summed E-state index contributed by atoms with van der Waals surface area (Å²) in [6.45, 7) is 3.92. The van der Waals surface area contributed by atoms with Crippen LogP contribution in [-0.2, 0) is 5.54 Å². The Morgan fingerprint density at radius 1 is 1.37 bits per heavy atom. The minimum absolute atomic E-state index is 0.539. The Kier molecular flexibility index (Phi) is 2.88. The zero-order valence-corrected chi connectivity index (χ0v) is 11.7. The third-order valence-corrected chi connectivity index (χ3v) is 4.35. The Morgan fingerprint density at radius 3 is 2.95 bits per heavy atom. The molecule has 19 heavy (non-hydrogen) atoms. The van der Waals surface area contributed by atoms with Crippen LogP contribution in [0.2, 0.25) is 0 Å². The topological polar surface area (TPSA) is 64.9 Å². The van der Waals surface area contributed by atoms with Gasteiger partial charge in [0.2, 0.25) is 0 Å². The number of aromatic nitrogens is 2. The van der Waals surface area contributed by atoms with Gasteiger partial charge in [-0.05, 0) is 19.4 Å². The van der Waals surface area contributed by atoms with Crippen molar-refractivity contribution in [3.63, 3.8) is 0 Å². The van der Waals surface area contributed by atoms with Gasteiger partial charge >= 0.3 is 0 Å². The molecule has 0 saturated carbocycles. The van der Waals surface area contributed by atoms with Crippen molar-refractivity contribution < 1.29 is 4.52 Å². The van der Waals surface area contributed by atoms with E-state index in [0.717, 1.165) is 17.4 Å². The van der Waals surface area contributed by atoms with Gasteiger partial charge in [-0.3, -0.25) is 0 Å². The molecule has 0 amide bonds. The van der Waals surface area contributed by atoms with Gasteiger partial charge in [-0.2, -0.15) is 4.98 Å². The Hall–Kier alpha value is -1.72. The van der Waals surface area contributed by atoms with Crippen LogP contribution in [0.15, 0.2) is 34.2 Å². The molecular weight excluding hydrogens is 258 g/mol. The second-order valence-corrected chi connectivity index (χ2v) is 5.75. The van der Waals surface area contributed by atoms with Crippen LogP contribution >= 0.6 is 11.3 Å². The van der Waals surface area contributed by atoms with Crippen molar-refractivity contribution in [3.05, 3.63) is 35.5 Å². The minimum Gasteiger partial charge on any atom is -0.334 e. The molecule has 2 heterocycles. The molecule has 1 aromatic carbocycles. The summed E-state index contributed by atoms with van der Waals surface area (Å²) in [6, 6.07) is 8.18. The van der Waals surface area contributed by atoms with Gasteiger partial charge in [-0.25, -0.2) is 0 Å². The summed E-state index contributed by atoms with van der Waals surface area (Å²) < 4.78 is 6.58. The number of hydrogen-bond acceptors (Lipinski definition) is 5. The molecule has 0 saturated heterocycles. The molecule has 98 valence electrons. The molecule has 4 nitrogen and oxygen atoms in total. The van der Waals surface area contributed by atoms with E-state index in [1.54, 1.807) is 11.3 Å². The van der Waals surface area contributed by atoms with Gasteiger partial charge in [-0.1, -0.05) is 30.3 Å². The first-order valence-electron chi connectivity index (χ1n) is 6.21. The molecular formula is C14H15N3OS. The molecule has 5 heteroatoms. The summed E-state index contributed by atoms with van der Waals surface area (Å²) >= 11 is 1.67. The average Bonchev–Trinajstić information content (AvgIpc) is 3.05. The van der Waals surface area contributed by atoms with Crippen LogP contribution in [0.4, 0.5) is 0 Å². The summed E-state index contributed by atoms with van der Waals surface area (Å²) in [5, 5.41) is 7.20. The maximum Gasteiger partial charge on any atom is 0.259 e. The normalized spacial score (nSPS) is 14.7. The van der Waals surface area contributed by atoms with E-state index in [4.69, 9.17) is 10.3 Å². The highest BCUT2D eigenvalue weighted by Gasteiger charge is 2.26. The molecule has 0 aliphatic carbocycles. The van der Waals surface area contributed by atoms with Crippen LogP contribution < -0.4 is 5.73 Å². The zero-order valence-electron chi connectivity index (χ0n) is 10.9. The first-order chi connectivity index (χ1) is 9.12. The summed E-state index contributed by atoms with van der Waals surface area (Å²) in [4.78, 5) is 4.45. The maximum atomic E-state index is 6.13. The molecule has 0 bridgehead atoms. The molecule has 1 atom stereocenters. The summed E-state index contributed by atoms with van der Waals surface area (Å²) in [5.74, 6) is 1.10. The Labute approximate surface area is 115 Å². The average molecular weight is 273 g/mol. The highest BCUT2D eigenvalue weighted by molar-refractivity contribution is 7.17. The highest BCUT2D eigenvalue weighted by atomic mass is 32.1. The van der Waals surface area contributed by atoms with Crippen molar-refractivity contribution >= 4 is 21.4 Å². The van der Waals surface area contributed by atoms with E-state index in [9.17, 15) is 0 Å². The van der Waals surface area contributed by atoms with Crippen molar-refractivity contribution in [2.24, 2.45) is 5.73 Å². The van der Waals surface area contributed by atoms with E-state index in [0.29, 0.717) is 11.7 Å². The lowest BCUT2D eigenvalue weighted by Gasteiger charge is -2.16. The van der Waals surface area contributed by atoms with Crippen molar-refractivity contribution in [2.75, 3.05) is 0 Å². The van der Waals surface area contributed by atoms with Gasteiger partial charge in [0.15, 0.2) is 5.82 Å². The van der Waals surface area contributed by atoms with Crippen LogP contribution in [0.5, 0.6) is 0 Å². The van der Waals surface area contributed by atoms with Crippen molar-refractivity contribution in [1.82, 2.24) is 10.1 Å². The SMILES string of the molecule is CCC(C)(N)c1noc(-c2csc3ccccc23)n1. The fourth-order valence-corrected chi connectivity index (χ4v) is 2.80. The quantitative estimate of drug-likeness (QED) is 0.792. The van der Waals surface area contributed by atoms with E-state index in [-0.39, 0.29) is 0 Å². The molecule has 0 spiro atoms. The predicted molar refractivity (Wildman–Crippen MR) is 76.9 cm³/mol. The van der Waals surface area contributed by atoms with Crippen molar-refractivity contribution in [1.29, 1.82) is 0 Å². The smallest absolute Gasteiger partial charge is 0.259 e. The first-order valence-corrected chi connectivity index (χ1v) is 7.09. The number of hydrogen-bond donors (Lipinski definition) is 1. The molecule has 0 aliphatic heterocycles. The Morgan fingerprint density at radius 2 is 2.16 bits per heavy atom. The standard InChI is InChI=1S/C14H15N3OS/c1-3-14(2,15)13-16-12(18-17-13)10-8-19-11-7-5-4-6-9(10)11/h4-8H,3,15H2,1-2H3. The van der Waals surface area contributed by atoms with E-state index in [1.807, 2.05) is 31.4 Å². The first kappa shape index (κ1) is 12.3. The summed E-state index contributed by atoms with van der Waals surface area (Å²) in [7, 11) is 0. The van der Waals surface area contributed by atoms with Gasteiger partial charge in [-0.15, -0.1) is 11.3 Å². The number of rotatable bonds is 3. The molecule has 2 N–H and O–H groups in total. The van der Waals surface area contributed by atoms with Crippen LogP contribution in [0, 0.1) is 0 Å². The van der Waals surface area contributed by atoms with E-state index in [2.05, 4.69) is 22.3 Å². The Balaban J connectivity index is 2.08. The third kappa shape index (κ3) is 2.05. The van der Waals surface area contributed by atoms with Crippen LogP contribution in [-0.4, -0.2) is 10.1 Å². The molecule has 0 fully saturated rings. The molecule has 3 aromatic rings. The van der Waals surface area contributed by atoms with Crippen LogP contribution in [0.3, 0.4) is 0 Å². The number of nitrogens with zero attached hydrogens (tertiary/aromatic N) is 2. The second-order valence-electron chi connectivity index (χ2n) is 4.84. The van der Waals surface area contributed by atoms with E-state index < -0.39 is 5.54 Å². The summed E-state index contributed by atoms with van der Waals surface area (Å²) in [6.07, 6.45) is 0.760. The highest BCUT2D eigenvalue weighted by Crippen LogP contribution is 2.33.